The minimum absolute atomic E-state index is 0.0320. The van der Waals surface area contributed by atoms with E-state index in [1.165, 1.54) is 12.3 Å². The molecule has 2 rings (SSSR count). The number of amides is 1. The summed E-state index contributed by atoms with van der Waals surface area (Å²) in [5.41, 5.74) is 0.142. The third-order valence-corrected chi connectivity index (χ3v) is 3.39. The van der Waals surface area contributed by atoms with E-state index < -0.39 is 11.9 Å². The molecule has 2 aromatic rings. The van der Waals surface area contributed by atoms with Crippen LogP contribution in [-0.2, 0) is 6.54 Å². The maximum Gasteiger partial charge on any atom is 0.339 e. The van der Waals surface area contributed by atoms with Crippen LogP contribution in [0.1, 0.15) is 58.0 Å². The van der Waals surface area contributed by atoms with Crippen LogP contribution in [0.25, 0.3) is 0 Å². The van der Waals surface area contributed by atoms with Crippen LogP contribution in [0.3, 0.4) is 0 Å². The molecule has 0 atom stereocenters. The van der Waals surface area contributed by atoms with E-state index >= 15 is 0 Å². The van der Waals surface area contributed by atoms with Gasteiger partial charge in [-0.15, -0.1) is 0 Å². The van der Waals surface area contributed by atoms with Crippen LogP contribution in [0.2, 0.25) is 5.02 Å². The number of hydrogen-bond donors (Lipinski definition) is 2. The van der Waals surface area contributed by atoms with E-state index in [1.54, 1.807) is 6.92 Å². The molecular weight excluding hydrogens is 322 g/mol. The Morgan fingerprint density at radius 1 is 1.43 bits per heavy atom. The number of aromatic carboxylic acids is 1. The van der Waals surface area contributed by atoms with Crippen LogP contribution in [0, 0.1) is 6.92 Å². The fraction of sp³-hybridized carbons (Fsp3) is 0.333. The molecule has 0 aromatic carbocycles. The number of carbonyl (C=O) groups is 2. The van der Waals surface area contributed by atoms with E-state index in [2.05, 4.69) is 15.3 Å². The number of hydrogen-bond acceptors (Lipinski definition) is 5. The first-order chi connectivity index (χ1) is 10.8. The number of carboxylic acid groups (broad SMARTS) is 1. The van der Waals surface area contributed by atoms with Crippen molar-refractivity contribution in [2.24, 2.45) is 0 Å². The number of furan rings is 1. The van der Waals surface area contributed by atoms with Crippen LogP contribution in [0.5, 0.6) is 0 Å². The summed E-state index contributed by atoms with van der Waals surface area (Å²) in [6.45, 7) is 5.39. The third kappa shape index (κ3) is 3.87. The second-order valence-corrected chi connectivity index (χ2v) is 5.66. The molecule has 0 radical (unpaired) electrons. The molecule has 0 aliphatic rings. The van der Waals surface area contributed by atoms with Crippen LogP contribution >= 0.6 is 11.6 Å². The van der Waals surface area contributed by atoms with Crippen LogP contribution in [0.4, 0.5) is 0 Å². The highest BCUT2D eigenvalue weighted by molar-refractivity contribution is 6.33. The van der Waals surface area contributed by atoms with Gasteiger partial charge in [0.2, 0.25) is 0 Å². The van der Waals surface area contributed by atoms with Gasteiger partial charge in [-0.2, -0.15) is 0 Å². The maximum atomic E-state index is 12.2. The fourth-order valence-corrected chi connectivity index (χ4v) is 2.09. The van der Waals surface area contributed by atoms with Crippen molar-refractivity contribution in [2.45, 2.75) is 33.2 Å². The molecule has 0 bridgehead atoms. The Balaban J connectivity index is 2.12. The summed E-state index contributed by atoms with van der Waals surface area (Å²) in [7, 11) is 0. The summed E-state index contributed by atoms with van der Waals surface area (Å²) >= 11 is 5.96. The highest BCUT2D eigenvalue weighted by atomic mass is 35.5. The van der Waals surface area contributed by atoms with Gasteiger partial charge in [0.15, 0.2) is 0 Å². The number of rotatable bonds is 5. The zero-order chi connectivity index (χ0) is 17.1. The molecule has 8 heteroatoms. The predicted molar refractivity (Wildman–Crippen MR) is 82.7 cm³/mol. The first kappa shape index (κ1) is 17.0. The monoisotopic (exact) mass is 337 g/mol. The standard InChI is InChI=1S/C15H16ClN3O4/c1-7(2)13-17-6-11(16)12(19-13)14(20)18-5-9-4-10(15(21)22)8(3)23-9/h4,6-7H,5H2,1-3H3,(H,18,20)(H,21,22). The van der Waals surface area contributed by atoms with E-state index in [0.717, 1.165) is 0 Å². The predicted octanol–water partition coefficient (Wildman–Crippen LogP) is 2.78. The molecule has 0 unspecified atom stereocenters. The lowest BCUT2D eigenvalue weighted by Crippen LogP contribution is -2.24. The molecule has 0 aliphatic carbocycles. The largest absolute Gasteiger partial charge is 0.478 e. The second kappa shape index (κ2) is 6.78. The molecule has 0 saturated carbocycles. The number of nitrogens with zero attached hydrogens (tertiary/aromatic N) is 2. The van der Waals surface area contributed by atoms with Gasteiger partial charge in [0, 0.05) is 5.92 Å². The van der Waals surface area contributed by atoms with E-state index in [4.69, 9.17) is 21.1 Å². The minimum atomic E-state index is -1.08. The molecule has 1 amide bonds. The molecular formula is C15H16ClN3O4. The molecule has 2 heterocycles. The molecule has 122 valence electrons. The number of halogens is 1. The summed E-state index contributed by atoms with van der Waals surface area (Å²) in [6.07, 6.45) is 1.39. The topological polar surface area (TPSA) is 105 Å². The minimum Gasteiger partial charge on any atom is -0.478 e. The molecule has 0 fully saturated rings. The van der Waals surface area contributed by atoms with Crippen molar-refractivity contribution in [1.82, 2.24) is 15.3 Å². The van der Waals surface area contributed by atoms with Gasteiger partial charge in [-0.1, -0.05) is 25.4 Å². The van der Waals surface area contributed by atoms with E-state index in [-0.39, 0.29) is 34.5 Å². The van der Waals surface area contributed by atoms with E-state index in [1.807, 2.05) is 13.8 Å². The highest BCUT2D eigenvalue weighted by Crippen LogP contribution is 2.17. The van der Waals surface area contributed by atoms with Gasteiger partial charge in [-0.3, -0.25) is 4.79 Å². The molecule has 2 aromatic heterocycles. The van der Waals surface area contributed by atoms with Crippen molar-refractivity contribution in [2.75, 3.05) is 0 Å². The Morgan fingerprint density at radius 2 is 2.13 bits per heavy atom. The van der Waals surface area contributed by atoms with E-state index in [9.17, 15) is 9.59 Å². The lowest BCUT2D eigenvalue weighted by molar-refractivity contribution is 0.0694. The van der Waals surface area contributed by atoms with Gasteiger partial charge in [0.05, 0.1) is 17.8 Å². The smallest absolute Gasteiger partial charge is 0.339 e. The zero-order valence-corrected chi connectivity index (χ0v) is 13.6. The average molecular weight is 338 g/mol. The molecule has 0 saturated heterocycles. The molecule has 2 N–H and O–H groups in total. The third-order valence-electron chi connectivity index (χ3n) is 3.12. The molecule has 23 heavy (non-hydrogen) atoms. The van der Waals surface area contributed by atoms with Gasteiger partial charge in [-0.25, -0.2) is 14.8 Å². The SMILES string of the molecule is Cc1oc(CNC(=O)c2nc(C(C)C)ncc2Cl)cc1C(=O)O. The summed E-state index contributed by atoms with van der Waals surface area (Å²) in [5.74, 6) is -0.368. The van der Waals surface area contributed by atoms with Gasteiger partial charge in [0.1, 0.15) is 28.6 Å². The Morgan fingerprint density at radius 3 is 2.70 bits per heavy atom. The highest BCUT2D eigenvalue weighted by Gasteiger charge is 2.17. The molecule has 0 aliphatic heterocycles. The normalized spacial score (nSPS) is 10.8. The van der Waals surface area contributed by atoms with Gasteiger partial charge in [-0.05, 0) is 13.0 Å². The van der Waals surface area contributed by atoms with Crippen LogP contribution < -0.4 is 5.32 Å². The summed E-state index contributed by atoms with van der Waals surface area (Å²) in [5, 5.41) is 11.7. The lowest BCUT2D eigenvalue weighted by atomic mass is 10.2. The fourth-order valence-electron chi connectivity index (χ4n) is 1.91. The summed E-state index contributed by atoms with van der Waals surface area (Å²) in [6, 6.07) is 1.37. The van der Waals surface area contributed by atoms with E-state index in [0.29, 0.717) is 11.6 Å². The summed E-state index contributed by atoms with van der Waals surface area (Å²) in [4.78, 5) is 31.4. The van der Waals surface area contributed by atoms with Crippen LogP contribution in [0.15, 0.2) is 16.7 Å². The van der Waals surface area contributed by atoms with Crippen molar-refractivity contribution in [1.29, 1.82) is 0 Å². The second-order valence-electron chi connectivity index (χ2n) is 5.25. The van der Waals surface area contributed by atoms with Gasteiger partial charge in [0.25, 0.3) is 5.91 Å². The number of nitrogens with one attached hydrogen (secondary N) is 1. The zero-order valence-electron chi connectivity index (χ0n) is 12.9. The average Bonchev–Trinajstić information content (AvgIpc) is 2.86. The van der Waals surface area contributed by atoms with Crippen molar-refractivity contribution in [3.05, 3.63) is 45.9 Å². The number of carboxylic acids is 1. The number of carbonyl (C=O) groups excluding carboxylic acids is 1. The number of aromatic nitrogens is 2. The Bertz CT molecular complexity index is 755. The van der Waals surface area contributed by atoms with Crippen LogP contribution in [-0.4, -0.2) is 27.0 Å². The number of aryl methyl sites for hydroxylation is 1. The molecule has 0 spiro atoms. The van der Waals surface area contributed by atoms with Crippen molar-refractivity contribution < 1.29 is 19.1 Å². The first-order valence-electron chi connectivity index (χ1n) is 6.92. The lowest BCUT2D eigenvalue weighted by Gasteiger charge is -2.08. The maximum absolute atomic E-state index is 12.2. The summed E-state index contributed by atoms with van der Waals surface area (Å²) < 4.78 is 5.29. The Labute approximate surface area is 137 Å². The van der Waals surface area contributed by atoms with Crippen molar-refractivity contribution in [3.63, 3.8) is 0 Å². The molecule has 7 nitrogen and oxygen atoms in total. The van der Waals surface area contributed by atoms with Gasteiger partial charge < -0.3 is 14.8 Å². The van der Waals surface area contributed by atoms with Crippen molar-refractivity contribution in [3.8, 4) is 0 Å². The van der Waals surface area contributed by atoms with Gasteiger partial charge >= 0.3 is 5.97 Å². The Hall–Kier alpha value is -2.41. The quantitative estimate of drug-likeness (QED) is 0.869. The Kier molecular flexibility index (Phi) is 5.00. The van der Waals surface area contributed by atoms with Crippen molar-refractivity contribution >= 4 is 23.5 Å². The first-order valence-corrected chi connectivity index (χ1v) is 7.30.